The van der Waals surface area contributed by atoms with Crippen molar-refractivity contribution < 1.29 is 24.2 Å². The Bertz CT molecular complexity index is 564. The molecule has 0 spiro atoms. The number of benzene rings is 1. The molecule has 0 aliphatic carbocycles. The van der Waals surface area contributed by atoms with Gasteiger partial charge in [-0.05, 0) is 37.5 Å². The predicted octanol–water partition coefficient (Wildman–Crippen LogP) is 2.10. The fourth-order valence-electron chi connectivity index (χ4n) is 2.68. The maximum Gasteiger partial charge on any atom is 0.306 e. The molecule has 1 fully saturated rings. The van der Waals surface area contributed by atoms with Crippen LogP contribution in [0, 0.1) is 12.8 Å². The predicted molar refractivity (Wildman–Crippen MR) is 84.8 cm³/mol. The van der Waals surface area contributed by atoms with E-state index in [1.54, 1.807) is 12.0 Å². The van der Waals surface area contributed by atoms with Gasteiger partial charge in [-0.25, -0.2) is 0 Å². The van der Waals surface area contributed by atoms with Crippen molar-refractivity contribution in [3.63, 3.8) is 0 Å². The van der Waals surface area contributed by atoms with Crippen LogP contribution in [0.25, 0.3) is 0 Å². The molecule has 1 aliphatic heterocycles. The molecule has 23 heavy (non-hydrogen) atoms. The van der Waals surface area contributed by atoms with E-state index in [0.717, 1.165) is 5.56 Å². The summed E-state index contributed by atoms with van der Waals surface area (Å²) in [5, 5.41) is 8.96. The number of ether oxygens (including phenoxy) is 2. The lowest BCUT2D eigenvalue weighted by molar-refractivity contribution is -0.145. The number of carbonyl (C=O) groups excluding carboxylic acids is 1. The number of aliphatic carboxylic acids is 1. The smallest absolute Gasteiger partial charge is 0.306 e. The first-order valence-corrected chi connectivity index (χ1v) is 7.79. The Hall–Kier alpha value is -2.24. The second kappa shape index (κ2) is 7.85. The number of hydrogen-bond donors (Lipinski definition) is 1. The molecule has 6 nitrogen and oxygen atoms in total. The maximum atomic E-state index is 12.1. The molecule has 1 aromatic rings. The number of carboxylic acids is 1. The molecular formula is C17H23NO5. The van der Waals surface area contributed by atoms with Gasteiger partial charge in [-0.1, -0.05) is 6.07 Å². The topological polar surface area (TPSA) is 76.1 Å². The third-order valence-electron chi connectivity index (χ3n) is 4.09. The van der Waals surface area contributed by atoms with Gasteiger partial charge in [0.05, 0.1) is 26.1 Å². The number of nitrogens with zero attached hydrogens (tertiary/aromatic N) is 1. The van der Waals surface area contributed by atoms with Gasteiger partial charge in [0, 0.05) is 13.1 Å². The van der Waals surface area contributed by atoms with E-state index in [-0.39, 0.29) is 24.9 Å². The Morgan fingerprint density at radius 2 is 1.96 bits per heavy atom. The molecule has 1 heterocycles. The van der Waals surface area contributed by atoms with Gasteiger partial charge in [-0.2, -0.15) is 0 Å². The van der Waals surface area contributed by atoms with Crippen LogP contribution in [0.2, 0.25) is 0 Å². The van der Waals surface area contributed by atoms with Crippen LogP contribution in [-0.4, -0.2) is 48.7 Å². The van der Waals surface area contributed by atoms with E-state index in [1.807, 2.05) is 25.1 Å². The highest BCUT2D eigenvalue weighted by molar-refractivity contribution is 5.77. The van der Waals surface area contributed by atoms with Gasteiger partial charge < -0.3 is 19.5 Å². The van der Waals surface area contributed by atoms with Crippen molar-refractivity contribution in [2.24, 2.45) is 5.92 Å². The van der Waals surface area contributed by atoms with Crippen molar-refractivity contribution in [2.45, 2.75) is 26.2 Å². The highest BCUT2D eigenvalue weighted by Crippen LogP contribution is 2.28. The lowest BCUT2D eigenvalue weighted by atomic mass is 9.97. The molecule has 0 unspecified atom stereocenters. The van der Waals surface area contributed by atoms with Gasteiger partial charge in [-0.3, -0.25) is 9.59 Å². The van der Waals surface area contributed by atoms with Crippen LogP contribution in [-0.2, 0) is 9.59 Å². The summed E-state index contributed by atoms with van der Waals surface area (Å²) in [5.41, 5.74) is 1.08. The number of carboxylic acid groups (broad SMARTS) is 1. The van der Waals surface area contributed by atoms with E-state index in [2.05, 4.69) is 0 Å². The summed E-state index contributed by atoms with van der Waals surface area (Å²) in [6.45, 7) is 3.25. The van der Waals surface area contributed by atoms with E-state index < -0.39 is 5.97 Å². The largest absolute Gasteiger partial charge is 0.493 e. The minimum atomic E-state index is -0.771. The molecule has 0 atom stereocenters. The van der Waals surface area contributed by atoms with E-state index in [4.69, 9.17) is 14.6 Å². The first kappa shape index (κ1) is 17.1. The second-order valence-corrected chi connectivity index (χ2v) is 5.75. The Kier molecular flexibility index (Phi) is 5.84. The first-order valence-electron chi connectivity index (χ1n) is 7.79. The average Bonchev–Trinajstić information content (AvgIpc) is 2.56. The molecule has 0 radical (unpaired) electrons. The van der Waals surface area contributed by atoms with Crippen LogP contribution in [0.3, 0.4) is 0 Å². The third kappa shape index (κ3) is 4.61. The van der Waals surface area contributed by atoms with Crippen molar-refractivity contribution in [1.82, 2.24) is 4.90 Å². The molecule has 1 saturated heterocycles. The van der Waals surface area contributed by atoms with Crippen molar-refractivity contribution in [2.75, 3.05) is 26.8 Å². The lowest BCUT2D eigenvalue weighted by Crippen LogP contribution is -2.40. The summed E-state index contributed by atoms with van der Waals surface area (Å²) in [6, 6.07) is 5.64. The van der Waals surface area contributed by atoms with Crippen molar-refractivity contribution in [3.8, 4) is 11.5 Å². The molecule has 2 rings (SSSR count). The molecule has 6 heteroatoms. The van der Waals surface area contributed by atoms with Crippen molar-refractivity contribution in [3.05, 3.63) is 23.8 Å². The molecule has 126 valence electrons. The number of rotatable bonds is 6. The van der Waals surface area contributed by atoms with Gasteiger partial charge in [0.15, 0.2) is 11.5 Å². The maximum absolute atomic E-state index is 12.1. The summed E-state index contributed by atoms with van der Waals surface area (Å²) in [6.07, 6.45) is 1.32. The van der Waals surface area contributed by atoms with E-state index >= 15 is 0 Å². The summed E-state index contributed by atoms with van der Waals surface area (Å²) < 4.78 is 10.9. The number of aryl methyl sites for hydroxylation is 1. The fraction of sp³-hybridized carbons (Fsp3) is 0.529. The minimum Gasteiger partial charge on any atom is -0.493 e. The Morgan fingerprint density at radius 1 is 1.26 bits per heavy atom. The van der Waals surface area contributed by atoms with Gasteiger partial charge >= 0.3 is 5.97 Å². The highest BCUT2D eigenvalue weighted by Gasteiger charge is 2.26. The lowest BCUT2D eigenvalue weighted by Gasteiger charge is -2.30. The zero-order valence-electron chi connectivity index (χ0n) is 13.6. The summed E-state index contributed by atoms with van der Waals surface area (Å²) >= 11 is 0. The summed E-state index contributed by atoms with van der Waals surface area (Å²) in [4.78, 5) is 24.8. The van der Waals surface area contributed by atoms with Gasteiger partial charge in [-0.15, -0.1) is 0 Å². The minimum absolute atomic E-state index is 0.0000766. The van der Waals surface area contributed by atoms with Crippen LogP contribution in [0.15, 0.2) is 18.2 Å². The number of amides is 1. The van der Waals surface area contributed by atoms with Crippen LogP contribution in [0.4, 0.5) is 0 Å². The third-order valence-corrected chi connectivity index (χ3v) is 4.09. The number of piperidine rings is 1. The fourth-order valence-corrected chi connectivity index (χ4v) is 2.68. The first-order chi connectivity index (χ1) is 11.0. The molecular weight excluding hydrogens is 298 g/mol. The zero-order chi connectivity index (χ0) is 16.8. The highest BCUT2D eigenvalue weighted by atomic mass is 16.5. The standard InChI is InChI=1S/C17H23NO5/c1-12-3-4-14(15(11-12)22-2)23-10-7-16(19)18-8-5-13(6-9-18)17(20)21/h3-4,11,13H,5-10H2,1-2H3,(H,20,21). The Morgan fingerprint density at radius 3 is 2.57 bits per heavy atom. The molecule has 0 bridgehead atoms. The van der Waals surface area contributed by atoms with E-state index in [9.17, 15) is 9.59 Å². The Balaban J connectivity index is 1.78. The number of likely N-dealkylation sites (tertiary alicyclic amines) is 1. The van der Waals surface area contributed by atoms with Gasteiger partial charge in [0.2, 0.25) is 5.91 Å². The SMILES string of the molecule is COc1cc(C)ccc1OCCC(=O)N1CCC(C(=O)O)CC1. The molecule has 1 amide bonds. The molecule has 1 aromatic carbocycles. The van der Waals surface area contributed by atoms with Gasteiger partial charge in [0.25, 0.3) is 0 Å². The van der Waals surface area contributed by atoms with Gasteiger partial charge in [0.1, 0.15) is 0 Å². The van der Waals surface area contributed by atoms with Crippen LogP contribution in [0.1, 0.15) is 24.8 Å². The molecule has 0 aromatic heterocycles. The molecule has 0 saturated carbocycles. The zero-order valence-corrected chi connectivity index (χ0v) is 13.6. The van der Waals surface area contributed by atoms with Crippen LogP contribution >= 0.6 is 0 Å². The second-order valence-electron chi connectivity index (χ2n) is 5.75. The number of carbonyl (C=O) groups is 2. The van der Waals surface area contributed by atoms with E-state index in [1.165, 1.54) is 0 Å². The van der Waals surface area contributed by atoms with Crippen molar-refractivity contribution >= 4 is 11.9 Å². The number of methoxy groups -OCH3 is 1. The number of hydrogen-bond acceptors (Lipinski definition) is 4. The normalized spacial score (nSPS) is 15.3. The molecule has 1 aliphatic rings. The summed E-state index contributed by atoms with van der Waals surface area (Å²) in [5.74, 6) is 0.175. The summed E-state index contributed by atoms with van der Waals surface area (Å²) in [7, 11) is 1.58. The Labute approximate surface area is 136 Å². The molecule has 1 N–H and O–H groups in total. The monoisotopic (exact) mass is 321 g/mol. The van der Waals surface area contributed by atoms with Crippen LogP contribution < -0.4 is 9.47 Å². The quantitative estimate of drug-likeness (QED) is 0.868. The van der Waals surface area contributed by atoms with Crippen LogP contribution in [0.5, 0.6) is 11.5 Å². The van der Waals surface area contributed by atoms with Crippen molar-refractivity contribution in [1.29, 1.82) is 0 Å². The average molecular weight is 321 g/mol. The van der Waals surface area contributed by atoms with E-state index in [0.29, 0.717) is 37.4 Å².